The van der Waals surface area contributed by atoms with E-state index in [1.165, 1.54) is 0 Å². The highest BCUT2D eigenvalue weighted by molar-refractivity contribution is 5.77. The fourth-order valence-electron chi connectivity index (χ4n) is 1.27. The number of carbonyl (C=O) groups excluding carboxylic acids is 1. The topological polar surface area (TPSA) is 44.1 Å². The molecule has 0 aliphatic carbocycles. The molecule has 0 aromatic rings. The highest BCUT2D eigenvalue weighted by atomic mass is 16.2. The van der Waals surface area contributed by atoms with E-state index in [0.717, 1.165) is 0 Å². The molecular formula is C8H12N2O. The number of nitriles is 1. The van der Waals surface area contributed by atoms with E-state index >= 15 is 0 Å². The zero-order valence-corrected chi connectivity index (χ0v) is 6.92. The highest BCUT2D eigenvalue weighted by Gasteiger charge is 2.40. The van der Waals surface area contributed by atoms with Crippen LogP contribution >= 0.6 is 0 Å². The molecule has 0 atom stereocenters. The van der Waals surface area contributed by atoms with Gasteiger partial charge >= 0.3 is 0 Å². The standard InChI is InChI=1S/C8H12N2O/c1-3-7(11)10-5-8(2,4-9)6-10/h3,5-6H2,1-2H3. The van der Waals surface area contributed by atoms with Gasteiger partial charge in [0.2, 0.25) is 5.91 Å². The van der Waals surface area contributed by atoms with Crippen molar-refractivity contribution in [2.75, 3.05) is 13.1 Å². The molecule has 3 nitrogen and oxygen atoms in total. The molecule has 1 heterocycles. The molecule has 0 aromatic carbocycles. The van der Waals surface area contributed by atoms with Crippen LogP contribution in [0.3, 0.4) is 0 Å². The zero-order valence-electron chi connectivity index (χ0n) is 6.92. The minimum atomic E-state index is -0.273. The van der Waals surface area contributed by atoms with Gasteiger partial charge < -0.3 is 4.90 Å². The molecule has 0 spiro atoms. The van der Waals surface area contributed by atoms with Gasteiger partial charge in [-0.05, 0) is 6.92 Å². The van der Waals surface area contributed by atoms with Crippen molar-refractivity contribution in [2.45, 2.75) is 20.3 Å². The predicted octanol–water partition coefficient (Wildman–Crippen LogP) is 0.768. The van der Waals surface area contributed by atoms with Crippen LogP contribution in [0, 0.1) is 16.7 Å². The predicted molar refractivity (Wildman–Crippen MR) is 40.6 cm³/mol. The number of amides is 1. The quantitative estimate of drug-likeness (QED) is 0.557. The first-order valence-corrected chi connectivity index (χ1v) is 3.80. The van der Waals surface area contributed by atoms with Crippen molar-refractivity contribution in [2.24, 2.45) is 5.41 Å². The third-order valence-electron chi connectivity index (χ3n) is 2.00. The molecule has 1 aliphatic rings. The van der Waals surface area contributed by atoms with Crippen LogP contribution in [-0.2, 0) is 4.79 Å². The Bertz CT molecular complexity index is 211. The Balaban J connectivity index is 2.42. The molecule has 0 unspecified atom stereocenters. The maximum atomic E-state index is 11.0. The van der Waals surface area contributed by atoms with E-state index < -0.39 is 0 Å². The summed E-state index contributed by atoms with van der Waals surface area (Å²) in [5.41, 5.74) is -0.273. The molecule has 0 radical (unpaired) electrons. The summed E-state index contributed by atoms with van der Waals surface area (Å²) in [5.74, 6) is 0.151. The smallest absolute Gasteiger partial charge is 0.222 e. The summed E-state index contributed by atoms with van der Waals surface area (Å²) in [4.78, 5) is 12.7. The summed E-state index contributed by atoms with van der Waals surface area (Å²) < 4.78 is 0. The van der Waals surface area contributed by atoms with Crippen molar-refractivity contribution in [1.82, 2.24) is 4.90 Å². The monoisotopic (exact) mass is 152 g/mol. The molecular weight excluding hydrogens is 140 g/mol. The first kappa shape index (κ1) is 8.06. The van der Waals surface area contributed by atoms with Crippen LogP contribution in [0.4, 0.5) is 0 Å². The van der Waals surface area contributed by atoms with Crippen molar-refractivity contribution < 1.29 is 4.79 Å². The number of hydrogen-bond donors (Lipinski definition) is 0. The molecule has 1 rings (SSSR count). The summed E-state index contributed by atoms with van der Waals surface area (Å²) in [7, 11) is 0. The molecule has 1 aliphatic heterocycles. The van der Waals surface area contributed by atoms with Crippen LogP contribution in [-0.4, -0.2) is 23.9 Å². The van der Waals surface area contributed by atoms with E-state index in [9.17, 15) is 4.79 Å². The van der Waals surface area contributed by atoms with Gasteiger partial charge in [0, 0.05) is 19.5 Å². The van der Waals surface area contributed by atoms with Crippen LogP contribution in [0.1, 0.15) is 20.3 Å². The lowest BCUT2D eigenvalue weighted by Crippen LogP contribution is -2.56. The van der Waals surface area contributed by atoms with E-state index in [4.69, 9.17) is 5.26 Å². The maximum absolute atomic E-state index is 11.0. The summed E-state index contributed by atoms with van der Waals surface area (Å²) in [6, 6.07) is 2.19. The summed E-state index contributed by atoms with van der Waals surface area (Å²) >= 11 is 0. The van der Waals surface area contributed by atoms with Gasteiger partial charge in [-0.1, -0.05) is 6.92 Å². The zero-order chi connectivity index (χ0) is 8.48. The first-order valence-electron chi connectivity index (χ1n) is 3.80. The van der Waals surface area contributed by atoms with E-state index in [-0.39, 0.29) is 11.3 Å². The summed E-state index contributed by atoms with van der Waals surface area (Å²) in [6.45, 7) is 4.93. The Labute approximate surface area is 66.6 Å². The fraction of sp³-hybridized carbons (Fsp3) is 0.750. The minimum absolute atomic E-state index is 0.151. The van der Waals surface area contributed by atoms with Crippen LogP contribution in [0.15, 0.2) is 0 Å². The molecule has 3 heteroatoms. The third kappa shape index (κ3) is 1.35. The lowest BCUT2D eigenvalue weighted by molar-refractivity contribution is -0.139. The maximum Gasteiger partial charge on any atom is 0.222 e. The van der Waals surface area contributed by atoms with Gasteiger partial charge in [0.1, 0.15) is 0 Å². The average Bonchev–Trinajstić information content (AvgIpc) is 1.97. The summed E-state index contributed by atoms with van der Waals surface area (Å²) in [6.07, 6.45) is 0.543. The SMILES string of the molecule is CCC(=O)N1CC(C)(C#N)C1. The Morgan fingerprint density at radius 2 is 2.27 bits per heavy atom. The Morgan fingerprint density at radius 1 is 1.73 bits per heavy atom. The molecule has 0 aromatic heterocycles. The van der Waals surface area contributed by atoms with Crippen molar-refractivity contribution in [3.8, 4) is 6.07 Å². The van der Waals surface area contributed by atoms with Crippen LogP contribution in [0.2, 0.25) is 0 Å². The number of hydrogen-bond acceptors (Lipinski definition) is 2. The van der Waals surface area contributed by atoms with Crippen molar-refractivity contribution in [3.05, 3.63) is 0 Å². The minimum Gasteiger partial charge on any atom is -0.339 e. The normalized spacial score (nSPS) is 20.3. The Hall–Kier alpha value is -1.04. The number of rotatable bonds is 1. The molecule has 0 saturated carbocycles. The second kappa shape index (κ2) is 2.54. The van der Waals surface area contributed by atoms with Gasteiger partial charge in [0.15, 0.2) is 0 Å². The van der Waals surface area contributed by atoms with Gasteiger partial charge in [-0.3, -0.25) is 4.79 Å². The van der Waals surface area contributed by atoms with Gasteiger partial charge in [-0.2, -0.15) is 5.26 Å². The van der Waals surface area contributed by atoms with Crippen molar-refractivity contribution >= 4 is 5.91 Å². The third-order valence-corrected chi connectivity index (χ3v) is 2.00. The van der Waals surface area contributed by atoms with E-state index in [1.807, 2.05) is 13.8 Å². The lowest BCUT2D eigenvalue weighted by Gasteiger charge is -2.43. The summed E-state index contributed by atoms with van der Waals surface area (Å²) in [5, 5.41) is 8.63. The van der Waals surface area contributed by atoms with Crippen LogP contribution in [0.25, 0.3) is 0 Å². The molecule has 60 valence electrons. The van der Waals surface area contributed by atoms with E-state index in [0.29, 0.717) is 19.5 Å². The molecule has 1 fully saturated rings. The Kier molecular flexibility index (Phi) is 1.86. The second-order valence-corrected chi connectivity index (χ2v) is 3.28. The average molecular weight is 152 g/mol. The number of likely N-dealkylation sites (tertiary alicyclic amines) is 1. The van der Waals surface area contributed by atoms with E-state index in [1.54, 1.807) is 4.90 Å². The van der Waals surface area contributed by atoms with Gasteiger partial charge in [0.05, 0.1) is 11.5 Å². The van der Waals surface area contributed by atoms with Crippen molar-refractivity contribution in [1.29, 1.82) is 5.26 Å². The molecule has 1 saturated heterocycles. The van der Waals surface area contributed by atoms with E-state index in [2.05, 4.69) is 6.07 Å². The van der Waals surface area contributed by atoms with Gasteiger partial charge in [-0.25, -0.2) is 0 Å². The second-order valence-electron chi connectivity index (χ2n) is 3.28. The van der Waals surface area contributed by atoms with Crippen molar-refractivity contribution in [3.63, 3.8) is 0 Å². The molecule has 0 N–H and O–H groups in total. The lowest BCUT2D eigenvalue weighted by atomic mass is 9.83. The fourth-order valence-corrected chi connectivity index (χ4v) is 1.27. The number of nitrogens with zero attached hydrogens (tertiary/aromatic N) is 2. The number of carbonyl (C=O) groups is 1. The van der Waals surface area contributed by atoms with Gasteiger partial charge in [0.25, 0.3) is 0 Å². The van der Waals surface area contributed by atoms with Crippen LogP contribution < -0.4 is 0 Å². The molecule has 11 heavy (non-hydrogen) atoms. The highest BCUT2D eigenvalue weighted by Crippen LogP contribution is 2.28. The Morgan fingerprint density at radius 3 is 2.64 bits per heavy atom. The van der Waals surface area contributed by atoms with Gasteiger partial charge in [-0.15, -0.1) is 0 Å². The molecule has 0 bridgehead atoms. The first-order chi connectivity index (χ1) is 5.11. The molecule has 1 amide bonds. The van der Waals surface area contributed by atoms with Crippen LogP contribution in [0.5, 0.6) is 0 Å². The largest absolute Gasteiger partial charge is 0.339 e.